The molecule has 4 N–H and O–H groups in total. The summed E-state index contributed by atoms with van der Waals surface area (Å²) in [5.74, 6) is 0.0120. The predicted molar refractivity (Wildman–Crippen MR) is 81.1 cm³/mol. The minimum absolute atomic E-state index is 0.0419. The van der Waals surface area contributed by atoms with Crippen molar-refractivity contribution in [2.45, 2.75) is 13.1 Å². The Hall–Kier alpha value is -2.22. The molecule has 1 heterocycles. The number of aromatic hydroxyl groups is 1. The van der Waals surface area contributed by atoms with Crippen LogP contribution in [0, 0.1) is 0 Å². The number of carbonyl (C=O) groups is 1. The first kappa shape index (κ1) is 15.2. The average molecular weight is 355 g/mol. The molecule has 0 bridgehead atoms. The van der Waals surface area contributed by atoms with E-state index in [-0.39, 0.29) is 12.3 Å². The van der Waals surface area contributed by atoms with Crippen LogP contribution in [0.3, 0.4) is 0 Å². The molecule has 0 saturated carbocycles. The number of benzene rings is 1. The van der Waals surface area contributed by atoms with Gasteiger partial charge in [-0.05, 0) is 33.6 Å². The monoisotopic (exact) mass is 354 g/mol. The van der Waals surface area contributed by atoms with Crippen molar-refractivity contribution in [2.24, 2.45) is 5.73 Å². The number of aromatic nitrogens is 2. The van der Waals surface area contributed by atoms with Crippen LogP contribution in [0.4, 0.5) is 5.69 Å². The summed E-state index contributed by atoms with van der Waals surface area (Å²) in [5, 5.41) is 16.9. The maximum Gasteiger partial charge on any atom is 0.239 e. The quantitative estimate of drug-likeness (QED) is 0.728. The molecule has 0 spiro atoms. The van der Waals surface area contributed by atoms with E-state index in [4.69, 9.17) is 10.5 Å². The van der Waals surface area contributed by atoms with Crippen molar-refractivity contribution >= 4 is 27.5 Å². The van der Waals surface area contributed by atoms with Gasteiger partial charge in [-0.25, -0.2) is 0 Å². The fourth-order valence-corrected chi connectivity index (χ4v) is 2.28. The number of anilines is 1. The van der Waals surface area contributed by atoms with Gasteiger partial charge in [0.25, 0.3) is 0 Å². The summed E-state index contributed by atoms with van der Waals surface area (Å²) in [6, 6.07) is 3.53. The highest BCUT2D eigenvalue weighted by molar-refractivity contribution is 9.10. The van der Waals surface area contributed by atoms with E-state index in [0.717, 1.165) is 11.3 Å². The maximum absolute atomic E-state index is 10.8. The smallest absolute Gasteiger partial charge is 0.239 e. The van der Waals surface area contributed by atoms with E-state index in [1.165, 1.54) is 11.8 Å². The van der Waals surface area contributed by atoms with E-state index < -0.39 is 5.91 Å². The van der Waals surface area contributed by atoms with Gasteiger partial charge in [0.1, 0.15) is 6.54 Å². The summed E-state index contributed by atoms with van der Waals surface area (Å²) in [6.07, 6.45) is 3.30. The van der Waals surface area contributed by atoms with Gasteiger partial charge in [0.2, 0.25) is 5.91 Å². The average Bonchev–Trinajstić information content (AvgIpc) is 2.86. The Balaban J connectivity index is 2.04. The van der Waals surface area contributed by atoms with Crippen LogP contribution in [0.1, 0.15) is 5.56 Å². The van der Waals surface area contributed by atoms with Crippen molar-refractivity contribution in [3.8, 4) is 11.5 Å². The van der Waals surface area contributed by atoms with E-state index in [9.17, 15) is 9.90 Å². The molecule has 0 radical (unpaired) electrons. The summed E-state index contributed by atoms with van der Waals surface area (Å²) in [5.41, 5.74) is 6.78. The number of nitrogens with one attached hydrogen (secondary N) is 1. The summed E-state index contributed by atoms with van der Waals surface area (Å²) >= 11 is 3.27. The number of hydrogen-bond acceptors (Lipinski definition) is 5. The largest absolute Gasteiger partial charge is 0.503 e. The third-order valence-corrected chi connectivity index (χ3v) is 3.36. The zero-order valence-corrected chi connectivity index (χ0v) is 12.9. The molecule has 21 heavy (non-hydrogen) atoms. The van der Waals surface area contributed by atoms with Crippen molar-refractivity contribution < 1.29 is 14.6 Å². The van der Waals surface area contributed by atoms with E-state index >= 15 is 0 Å². The Bertz CT molecular complexity index is 657. The molecule has 7 nitrogen and oxygen atoms in total. The lowest BCUT2D eigenvalue weighted by atomic mass is 10.2. The van der Waals surface area contributed by atoms with Gasteiger partial charge < -0.3 is 20.9 Å². The number of primary amides is 1. The molecule has 0 unspecified atom stereocenters. The van der Waals surface area contributed by atoms with Crippen LogP contribution in [0.2, 0.25) is 0 Å². The molecule has 1 amide bonds. The number of phenolic OH excluding ortho intramolecular Hbond substituents is 1. The minimum atomic E-state index is -0.447. The van der Waals surface area contributed by atoms with E-state index in [1.54, 1.807) is 24.5 Å². The van der Waals surface area contributed by atoms with Gasteiger partial charge in [-0.1, -0.05) is 0 Å². The lowest BCUT2D eigenvalue weighted by Crippen LogP contribution is -2.18. The first-order valence-electron chi connectivity index (χ1n) is 6.09. The second kappa shape index (κ2) is 6.49. The van der Waals surface area contributed by atoms with Gasteiger partial charge >= 0.3 is 0 Å². The molecule has 1 aromatic carbocycles. The molecule has 0 aliphatic carbocycles. The van der Waals surface area contributed by atoms with Crippen LogP contribution in [0.25, 0.3) is 0 Å². The fraction of sp³-hybridized carbons (Fsp3) is 0.231. The van der Waals surface area contributed by atoms with Gasteiger partial charge in [0.05, 0.1) is 23.5 Å². The molecule has 8 heteroatoms. The molecule has 1 aromatic heterocycles. The second-order valence-corrected chi connectivity index (χ2v) is 5.23. The van der Waals surface area contributed by atoms with E-state index in [1.807, 2.05) is 0 Å². The number of nitrogens with zero attached hydrogens (tertiary/aromatic N) is 2. The number of rotatable bonds is 6. The Morgan fingerprint density at radius 2 is 2.33 bits per heavy atom. The van der Waals surface area contributed by atoms with Crippen molar-refractivity contribution in [1.82, 2.24) is 9.78 Å². The lowest BCUT2D eigenvalue weighted by Gasteiger charge is -2.09. The van der Waals surface area contributed by atoms with E-state index in [2.05, 4.69) is 26.3 Å². The summed E-state index contributed by atoms with van der Waals surface area (Å²) in [7, 11) is 1.49. The van der Waals surface area contributed by atoms with E-state index in [0.29, 0.717) is 16.8 Å². The lowest BCUT2D eigenvalue weighted by molar-refractivity contribution is -0.118. The topological polar surface area (TPSA) is 102 Å². The van der Waals surface area contributed by atoms with Crippen molar-refractivity contribution in [2.75, 3.05) is 12.4 Å². The van der Waals surface area contributed by atoms with Crippen LogP contribution < -0.4 is 15.8 Å². The molecule has 0 saturated heterocycles. The second-order valence-electron chi connectivity index (χ2n) is 4.37. The number of halogens is 1. The molecule has 112 valence electrons. The van der Waals surface area contributed by atoms with Crippen molar-refractivity contribution in [1.29, 1.82) is 0 Å². The zero-order valence-electron chi connectivity index (χ0n) is 11.3. The van der Waals surface area contributed by atoms with Crippen LogP contribution in [-0.2, 0) is 17.9 Å². The number of carbonyl (C=O) groups excluding carboxylic acids is 1. The Kier molecular flexibility index (Phi) is 4.69. The third-order valence-electron chi connectivity index (χ3n) is 2.76. The molecule has 2 rings (SSSR count). The van der Waals surface area contributed by atoms with Crippen LogP contribution >= 0.6 is 15.9 Å². The number of phenols is 1. The fourth-order valence-electron chi connectivity index (χ4n) is 1.79. The highest BCUT2D eigenvalue weighted by Gasteiger charge is 2.09. The Morgan fingerprint density at radius 1 is 1.57 bits per heavy atom. The molecular formula is C13H15BrN4O3. The standard InChI is InChI=1S/C13H15BrN4O3/c1-21-11-3-8(2-10(14)13(11)20)4-16-9-5-17-18(6-9)7-12(15)19/h2-3,5-6,16,20H,4,7H2,1H3,(H2,15,19). The Morgan fingerprint density at radius 3 is 3.00 bits per heavy atom. The number of methoxy groups -OCH3 is 1. The molecular weight excluding hydrogens is 340 g/mol. The SMILES string of the molecule is COc1cc(CNc2cnn(CC(N)=O)c2)cc(Br)c1O. The third kappa shape index (κ3) is 3.88. The normalized spacial score (nSPS) is 10.4. The summed E-state index contributed by atoms with van der Waals surface area (Å²) in [4.78, 5) is 10.8. The van der Waals surface area contributed by atoms with Gasteiger partial charge in [-0.3, -0.25) is 9.48 Å². The van der Waals surface area contributed by atoms with Crippen LogP contribution in [0.15, 0.2) is 29.0 Å². The number of ether oxygens (including phenoxy) is 1. The molecule has 0 fully saturated rings. The van der Waals surface area contributed by atoms with Gasteiger partial charge in [-0.15, -0.1) is 0 Å². The number of nitrogens with two attached hydrogens (primary N) is 1. The summed E-state index contributed by atoms with van der Waals surface area (Å²) < 4.78 is 7.11. The minimum Gasteiger partial charge on any atom is -0.503 e. The molecule has 2 aromatic rings. The highest BCUT2D eigenvalue weighted by Crippen LogP contribution is 2.35. The van der Waals surface area contributed by atoms with Gasteiger partial charge in [0.15, 0.2) is 11.5 Å². The number of hydrogen-bond donors (Lipinski definition) is 3. The predicted octanol–water partition coefficient (Wildman–Crippen LogP) is 1.46. The first-order chi connectivity index (χ1) is 9.99. The molecule has 0 atom stereocenters. The van der Waals surface area contributed by atoms with Crippen LogP contribution in [0.5, 0.6) is 11.5 Å². The van der Waals surface area contributed by atoms with Gasteiger partial charge in [0, 0.05) is 12.7 Å². The van der Waals surface area contributed by atoms with Crippen LogP contribution in [-0.4, -0.2) is 27.9 Å². The van der Waals surface area contributed by atoms with Crippen molar-refractivity contribution in [3.63, 3.8) is 0 Å². The molecule has 0 aliphatic heterocycles. The van der Waals surface area contributed by atoms with Gasteiger partial charge in [-0.2, -0.15) is 5.10 Å². The first-order valence-corrected chi connectivity index (χ1v) is 6.89. The highest BCUT2D eigenvalue weighted by atomic mass is 79.9. The molecule has 0 aliphatic rings. The maximum atomic E-state index is 10.8. The summed E-state index contributed by atoms with van der Waals surface area (Å²) in [6.45, 7) is 0.553. The zero-order chi connectivity index (χ0) is 15.4. The Labute approximate surface area is 129 Å². The van der Waals surface area contributed by atoms with Crippen molar-refractivity contribution in [3.05, 3.63) is 34.6 Å². The number of amides is 1.